The van der Waals surface area contributed by atoms with Crippen LogP contribution in [0.1, 0.15) is 10.5 Å². The minimum atomic E-state index is -1.52. The number of aromatic carboxylic acids is 1. The van der Waals surface area contributed by atoms with E-state index < -0.39 is 29.0 Å². The molecule has 0 aliphatic carbocycles. The number of carboxylic acid groups (broad SMARTS) is 1. The standard InChI is InChI=1S/C13H12N4O5/c1-14-13(22)15-7-4-2-3-6(5-7)10-16-8(12(20)21)9(18)11(19)17-10/h2-5,18H,1H3,(H,20,21)(H2,14,15,22)(H,16,17,19). The molecule has 114 valence electrons. The van der Waals surface area contributed by atoms with Crippen LogP contribution in [0, 0.1) is 0 Å². The second-order valence-corrected chi connectivity index (χ2v) is 4.20. The fraction of sp³-hybridized carbons (Fsp3) is 0.0769. The molecule has 9 heteroatoms. The average Bonchev–Trinajstić information content (AvgIpc) is 2.49. The van der Waals surface area contributed by atoms with Crippen LogP contribution in [0.15, 0.2) is 29.1 Å². The van der Waals surface area contributed by atoms with Crippen LogP contribution < -0.4 is 16.2 Å². The van der Waals surface area contributed by atoms with Crippen molar-refractivity contribution in [1.82, 2.24) is 15.3 Å². The van der Waals surface area contributed by atoms with Crippen LogP contribution in [-0.4, -0.2) is 39.2 Å². The van der Waals surface area contributed by atoms with Gasteiger partial charge in [0.1, 0.15) is 5.82 Å². The molecule has 2 amide bonds. The number of H-pyrrole nitrogens is 1. The summed E-state index contributed by atoms with van der Waals surface area (Å²) in [6, 6.07) is 5.82. The van der Waals surface area contributed by atoms with Crippen molar-refractivity contribution in [3.8, 4) is 17.1 Å². The van der Waals surface area contributed by atoms with Crippen molar-refractivity contribution >= 4 is 17.7 Å². The molecule has 0 radical (unpaired) electrons. The summed E-state index contributed by atoms with van der Waals surface area (Å²) in [7, 11) is 1.46. The normalized spacial score (nSPS) is 10.0. The Kier molecular flexibility index (Phi) is 4.07. The van der Waals surface area contributed by atoms with E-state index in [1.54, 1.807) is 18.2 Å². The first-order valence-electron chi connectivity index (χ1n) is 6.08. The maximum atomic E-state index is 11.6. The Morgan fingerprint density at radius 3 is 2.68 bits per heavy atom. The SMILES string of the molecule is CNC(=O)Nc1cccc(-c2nc(C(=O)O)c(O)c(=O)[nH]2)c1. The number of carbonyl (C=O) groups excluding carboxylic acids is 1. The number of hydrogen-bond donors (Lipinski definition) is 5. The molecule has 0 aliphatic rings. The molecule has 0 saturated carbocycles. The molecule has 9 nitrogen and oxygen atoms in total. The van der Waals surface area contributed by atoms with Gasteiger partial charge in [-0.2, -0.15) is 0 Å². The van der Waals surface area contributed by atoms with Crippen LogP contribution in [-0.2, 0) is 0 Å². The number of carbonyl (C=O) groups is 2. The molecule has 1 aromatic heterocycles. The zero-order valence-electron chi connectivity index (χ0n) is 11.4. The van der Waals surface area contributed by atoms with Crippen LogP contribution in [0.3, 0.4) is 0 Å². The van der Waals surface area contributed by atoms with E-state index in [2.05, 4.69) is 20.6 Å². The number of nitrogens with one attached hydrogen (secondary N) is 3. The summed E-state index contributed by atoms with van der Waals surface area (Å²) in [5.74, 6) is -2.53. The van der Waals surface area contributed by atoms with Gasteiger partial charge in [-0.25, -0.2) is 14.6 Å². The Morgan fingerprint density at radius 2 is 2.05 bits per heavy atom. The number of nitrogens with zero attached hydrogens (tertiary/aromatic N) is 1. The first-order valence-corrected chi connectivity index (χ1v) is 6.08. The average molecular weight is 304 g/mol. The largest absolute Gasteiger partial charge is 0.501 e. The Labute approximate surface area is 123 Å². The molecule has 0 atom stereocenters. The zero-order chi connectivity index (χ0) is 16.3. The lowest BCUT2D eigenvalue weighted by molar-refractivity contribution is 0.0686. The third-order valence-electron chi connectivity index (χ3n) is 2.72. The van der Waals surface area contributed by atoms with Crippen molar-refractivity contribution < 1.29 is 19.8 Å². The highest BCUT2D eigenvalue weighted by molar-refractivity contribution is 5.90. The third kappa shape index (κ3) is 3.03. The van der Waals surface area contributed by atoms with E-state index in [-0.39, 0.29) is 5.82 Å². The van der Waals surface area contributed by atoms with Gasteiger partial charge >= 0.3 is 12.0 Å². The molecule has 5 N–H and O–H groups in total. The lowest BCUT2D eigenvalue weighted by Crippen LogP contribution is -2.24. The van der Waals surface area contributed by atoms with Gasteiger partial charge in [0, 0.05) is 18.3 Å². The highest BCUT2D eigenvalue weighted by atomic mass is 16.4. The first-order chi connectivity index (χ1) is 10.4. The molecule has 22 heavy (non-hydrogen) atoms. The van der Waals surface area contributed by atoms with Crippen LogP contribution >= 0.6 is 0 Å². The number of rotatable bonds is 3. The van der Waals surface area contributed by atoms with Gasteiger partial charge in [-0.3, -0.25) is 4.79 Å². The predicted molar refractivity (Wildman–Crippen MR) is 77.0 cm³/mol. The summed E-state index contributed by atoms with van der Waals surface area (Å²) in [4.78, 5) is 39.8. The zero-order valence-corrected chi connectivity index (χ0v) is 11.4. The molecule has 0 unspecified atom stereocenters. The van der Waals surface area contributed by atoms with E-state index in [0.29, 0.717) is 11.3 Å². The molecule has 0 bridgehead atoms. The van der Waals surface area contributed by atoms with Crippen LogP contribution in [0.5, 0.6) is 5.75 Å². The lowest BCUT2D eigenvalue weighted by atomic mass is 10.2. The molecular formula is C13H12N4O5. The number of hydrogen-bond acceptors (Lipinski definition) is 5. The van der Waals surface area contributed by atoms with Crippen molar-refractivity contribution in [3.63, 3.8) is 0 Å². The molecule has 2 rings (SSSR count). The predicted octanol–water partition coefficient (Wildman–Crippen LogP) is 0.592. The molecule has 0 spiro atoms. The van der Waals surface area contributed by atoms with E-state index in [4.69, 9.17) is 5.11 Å². The number of aromatic amines is 1. The number of aromatic hydroxyl groups is 1. The molecule has 2 aromatic rings. The highest BCUT2D eigenvalue weighted by Crippen LogP contribution is 2.20. The van der Waals surface area contributed by atoms with Gasteiger partial charge in [-0.05, 0) is 12.1 Å². The van der Waals surface area contributed by atoms with Gasteiger partial charge in [0.05, 0.1) is 0 Å². The van der Waals surface area contributed by atoms with Crippen molar-refractivity contribution in [2.45, 2.75) is 0 Å². The lowest BCUT2D eigenvalue weighted by Gasteiger charge is -2.07. The molecule has 0 aliphatic heterocycles. The summed E-state index contributed by atoms with van der Waals surface area (Å²) in [6.07, 6.45) is 0. The molecule has 0 fully saturated rings. The molecule has 1 aromatic carbocycles. The van der Waals surface area contributed by atoms with Crippen LogP contribution in [0.4, 0.5) is 10.5 Å². The van der Waals surface area contributed by atoms with Crippen LogP contribution in [0.2, 0.25) is 0 Å². The highest BCUT2D eigenvalue weighted by Gasteiger charge is 2.17. The second-order valence-electron chi connectivity index (χ2n) is 4.20. The van der Waals surface area contributed by atoms with E-state index in [9.17, 15) is 19.5 Å². The topological polar surface area (TPSA) is 144 Å². The monoisotopic (exact) mass is 304 g/mol. The van der Waals surface area contributed by atoms with E-state index in [0.717, 1.165) is 0 Å². The Hall–Kier alpha value is -3.36. The minimum Gasteiger partial charge on any atom is -0.501 e. The van der Waals surface area contributed by atoms with E-state index in [1.807, 2.05) is 0 Å². The number of urea groups is 1. The summed E-state index contributed by atoms with van der Waals surface area (Å²) in [5.41, 5.74) is -0.923. The fourth-order valence-electron chi connectivity index (χ4n) is 1.69. The smallest absolute Gasteiger partial charge is 0.358 e. The van der Waals surface area contributed by atoms with Crippen LogP contribution in [0.25, 0.3) is 11.4 Å². The first kappa shape index (κ1) is 15.0. The van der Waals surface area contributed by atoms with Crippen molar-refractivity contribution in [2.24, 2.45) is 0 Å². The quantitative estimate of drug-likeness (QED) is 0.561. The van der Waals surface area contributed by atoms with E-state index in [1.165, 1.54) is 13.1 Å². The number of anilines is 1. The summed E-state index contributed by atoms with van der Waals surface area (Å²) in [6.45, 7) is 0. The minimum absolute atomic E-state index is 0.0410. The van der Waals surface area contributed by atoms with Gasteiger partial charge in [-0.15, -0.1) is 0 Å². The van der Waals surface area contributed by atoms with E-state index >= 15 is 0 Å². The maximum absolute atomic E-state index is 11.6. The van der Waals surface area contributed by atoms with Crippen molar-refractivity contribution in [1.29, 1.82) is 0 Å². The Balaban J connectivity index is 2.48. The van der Waals surface area contributed by atoms with Gasteiger partial charge < -0.3 is 25.8 Å². The van der Waals surface area contributed by atoms with Gasteiger partial charge in [0.25, 0.3) is 5.56 Å². The Morgan fingerprint density at radius 1 is 1.32 bits per heavy atom. The van der Waals surface area contributed by atoms with Gasteiger partial charge in [0.2, 0.25) is 5.75 Å². The van der Waals surface area contributed by atoms with Crippen molar-refractivity contribution in [2.75, 3.05) is 12.4 Å². The van der Waals surface area contributed by atoms with Crippen molar-refractivity contribution in [3.05, 3.63) is 40.3 Å². The third-order valence-corrected chi connectivity index (χ3v) is 2.72. The summed E-state index contributed by atoms with van der Waals surface area (Å²) < 4.78 is 0. The summed E-state index contributed by atoms with van der Waals surface area (Å²) >= 11 is 0. The second kappa shape index (κ2) is 5.95. The Bertz CT molecular complexity index is 799. The molecular weight excluding hydrogens is 292 g/mol. The molecule has 1 heterocycles. The van der Waals surface area contributed by atoms with Gasteiger partial charge in [-0.1, -0.05) is 12.1 Å². The number of benzene rings is 1. The number of amides is 2. The molecule has 0 saturated heterocycles. The number of aromatic nitrogens is 2. The van der Waals surface area contributed by atoms with Gasteiger partial charge in [0.15, 0.2) is 5.69 Å². The fourth-order valence-corrected chi connectivity index (χ4v) is 1.69. The summed E-state index contributed by atoms with van der Waals surface area (Å²) in [5, 5.41) is 23.2. The number of carboxylic acids is 1. The maximum Gasteiger partial charge on any atom is 0.358 e.